The Bertz CT molecular complexity index is 899. The van der Waals surface area contributed by atoms with Gasteiger partial charge in [0.15, 0.2) is 0 Å². The molecule has 3 rings (SSSR count). The van der Waals surface area contributed by atoms with E-state index in [0.717, 1.165) is 54.5 Å². The van der Waals surface area contributed by atoms with E-state index in [-0.39, 0.29) is 11.3 Å². The number of anilines is 1. The lowest BCUT2D eigenvalue weighted by Gasteiger charge is -2.18. The molecule has 29 heavy (non-hydrogen) atoms. The highest BCUT2D eigenvalue weighted by atomic mass is 35.5. The van der Waals surface area contributed by atoms with Gasteiger partial charge in [-0.2, -0.15) is 5.10 Å². The molecule has 1 aliphatic heterocycles. The molecule has 0 saturated carbocycles. The number of halogens is 1. The molecule has 0 atom stereocenters. The number of fused-ring (bicyclic) bond motifs is 1. The zero-order valence-corrected chi connectivity index (χ0v) is 18.4. The summed E-state index contributed by atoms with van der Waals surface area (Å²) in [4.78, 5) is 11.7. The van der Waals surface area contributed by atoms with Crippen molar-refractivity contribution in [3.8, 4) is 0 Å². The van der Waals surface area contributed by atoms with Crippen LogP contribution >= 0.6 is 11.6 Å². The highest BCUT2D eigenvalue weighted by Gasteiger charge is 2.22. The Morgan fingerprint density at radius 2 is 2.10 bits per heavy atom. The van der Waals surface area contributed by atoms with Gasteiger partial charge in [-0.3, -0.25) is 4.79 Å². The van der Waals surface area contributed by atoms with Crippen LogP contribution in [0, 0.1) is 0 Å². The molecule has 0 aromatic carbocycles. The van der Waals surface area contributed by atoms with Gasteiger partial charge in [-0.05, 0) is 31.1 Å². The van der Waals surface area contributed by atoms with Crippen LogP contribution in [0.25, 0.3) is 5.70 Å². The lowest BCUT2D eigenvalue weighted by molar-refractivity contribution is -0.120. The zero-order chi connectivity index (χ0) is 21.0. The van der Waals surface area contributed by atoms with Crippen LogP contribution in [0.5, 0.6) is 0 Å². The van der Waals surface area contributed by atoms with E-state index >= 15 is 0 Å². The molecule has 0 spiro atoms. The zero-order valence-electron chi connectivity index (χ0n) is 17.6. The normalized spacial score (nSPS) is 17.5. The van der Waals surface area contributed by atoms with Crippen molar-refractivity contribution in [2.24, 2.45) is 0 Å². The highest BCUT2D eigenvalue weighted by molar-refractivity contribution is 6.25. The summed E-state index contributed by atoms with van der Waals surface area (Å²) in [6.45, 7) is 9.91. The smallest absolute Gasteiger partial charge is 0.224 e. The van der Waals surface area contributed by atoms with Crippen LogP contribution < -0.4 is 16.0 Å². The monoisotopic (exact) mass is 415 g/mol. The molecular weight excluding hydrogens is 386 g/mol. The second-order valence-corrected chi connectivity index (χ2v) is 8.66. The van der Waals surface area contributed by atoms with Crippen LogP contribution in [-0.2, 0) is 10.2 Å². The van der Waals surface area contributed by atoms with Crippen LogP contribution in [0.1, 0.15) is 52.7 Å². The third-order valence-corrected chi connectivity index (χ3v) is 5.32. The maximum absolute atomic E-state index is 11.7. The minimum Gasteiger partial charge on any atom is -0.386 e. The molecule has 0 bridgehead atoms. The number of nitrogens with zero attached hydrogens (tertiary/aromatic N) is 2. The molecule has 3 N–H and O–H groups in total. The largest absolute Gasteiger partial charge is 0.386 e. The average Bonchev–Trinajstić information content (AvgIpc) is 3.00. The van der Waals surface area contributed by atoms with E-state index in [0.29, 0.717) is 6.42 Å². The molecule has 1 aliphatic carbocycles. The number of nitrogens with one attached hydrogen (secondary N) is 3. The van der Waals surface area contributed by atoms with Crippen LogP contribution in [-0.4, -0.2) is 28.8 Å². The first-order chi connectivity index (χ1) is 13.8. The van der Waals surface area contributed by atoms with Crippen molar-refractivity contribution in [2.75, 3.05) is 18.4 Å². The van der Waals surface area contributed by atoms with Gasteiger partial charge in [-0.25, -0.2) is 4.68 Å². The van der Waals surface area contributed by atoms with E-state index in [1.807, 2.05) is 23.8 Å². The number of rotatable bonds is 6. The van der Waals surface area contributed by atoms with Gasteiger partial charge in [0.1, 0.15) is 5.82 Å². The lowest BCUT2D eigenvalue weighted by atomic mass is 9.92. The summed E-state index contributed by atoms with van der Waals surface area (Å²) in [5, 5.41) is 14.6. The Morgan fingerprint density at radius 1 is 1.31 bits per heavy atom. The summed E-state index contributed by atoms with van der Waals surface area (Å²) in [5.41, 5.74) is 6.62. The van der Waals surface area contributed by atoms with Crippen molar-refractivity contribution >= 4 is 29.0 Å². The minimum absolute atomic E-state index is 0.0535. The van der Waals surface area contributed by atoms with Gasteiger partial charge in [-0.15, -0.1) is 0 Å². The Kier molecular flexibility index (Phi) is 6.52. The molecule has 1 aromatic heterocycles. The van der Waals surface area contributed by atoms with Gasteiger partial charge in [-0.1, -0.05) is 38.4 Å². The Labute approximate surface area is 177 Å². The van der Waals surface area contributed by atoms with Crippen LogP contribution in [0.4, 0.5) is 5.82 Å². The number of amides is 1. The summed E-state index contributed by atoms with van der Waals surface area (Å²) in [5.74, 6) is 1.04. The lowest BCUT2D eigenvalue weighted by Crippen LogP contribution is -2.28. The topological polar surface area (TPSA) is 71.0 Å². The number of hydrogen-bond donors (Lipinski definition) is 3. The standard InChI is InChI=1S/C22H30ClN5O/c1-15(14-23)24-11-12-25-20-13-19(22(2,3)4)27-28(20)17-7-5-16-6-10-21(29)26-18(16)9-8-17/h5,8-9,13-14,24-25H,6-7,10-12H2,1-4H3,(H,26,29)/b15-14-. The fraction of sp³-hybridized carbons (Fsp3) is 0.455. The molecule has 7 heteroatoms. The maximum atomic E-state index is 11.7. The van der Waals surface area contributed by atoms with E-state index in [4.69, 9.17) is 16.7 Å². The fourth-order valence-corrected chi connectivity index (χ4v) is 3.33. The number of piperidine rings is 1. The minimum atomic E-state index is -0.0535. The van der Waals surface area contributed by atoms with Crippen molar-refractivity contribution in [1.82, 2.24) is 20.4 Å². The number of aromatic nitrogens is 2. The van der Waals surface area contributed by atoms with Gasteiger partial charge >= 0.3 is 0 Å². The summed E-state index contributed by atoms with van der Waals surface area (Å²) < 4.78 is 1.98. The van der Waals surface area contributed by atoms with E-state index in [9.17, 15) is 4.79 Å². The van der Waals surface area contributed by atoms with E-state index in [1.54, 1.807) is 0 Å². The van der Waals surface area contributed by atoms with Crippen LogP contribution in [0.2, 0.25) is 0 Å². The molecule has 1 aromatic rings. The van der Waals surface area contributed by atoms with E-state index in [1.165, 1.54) is 11.1 Å². The van der Waals surface area contributed by atoms with Gasteiger partial charge in [0.25, 0.3) is 0 Å². The summed E-state index contributed by atoms with van der Waals surface area (Å²) >= 11 is 5.70. The van der Waals surface area contributed by atoms with Gasteiger partial charge in [0.05, 0.1) is 5.69 Å². The molecule has 2 heterocycles. The van der Waals surface area contributed by atoms with Crippen molar-refractivity contribution in [3.05, 3.63) is 52.5 Å². The fourth-order valence-electron chi connectivity index (χ4n) is 3.25. The van der Waals surface area contributed by atoms with Crippen molar-refractivity contribution < 1.29 is 4.79 Å². The molecule has 1 fully saturated rings. The Hall–Kier alpha value is -2.47. The van der Waals surface area contributed by atoms with Gasteiger partial charge in [0.2, 0.25) is 5.91 Å². The maximum Gasteiger partial charge on any atom is 0.224 e. The highest BCUT2D eigenvalue weighted by Crippen LogP contribution is 2.30. The predicted molar refractivity (Wildman–Crippen MR) is 119 cm³/mol. The number of hydrogen-bond acceptors (Lipinski definition) is 4. The molecular formula is C22H30ClN5O. The summed E-state index contributed by atoms with van der Waals surface area (Å²) in [7, 11) is 0. The molecule has 1 saturated heterocycles. The third kappa shape index (κ3) is 5.32. The van der Waals surface area contributed by atoms with Crippen molar-refractivity contribution in [3.63, 3.8) is 0 Å². The van der Waals surface area contributed by atoms with Crippen molar-refractivity contribution in [1.29, 1.82) is 0 Å². The Morgan fingerprint density at radius 3 is 2.83 bits per heavy atom. The van der Waals surface area contributed by atoms with Gasteiger partial charge in [0, 0.05) is 60.0 Å². The number of carbonyl (C=O) groups is 1. The molecule has 0 unspecified atom stereocenters. The molecule has 156 valence electrons. The second kappa shape index (κ2) is 8.91. The SMILES string of the molecule is C/C(=C/Cl)NCCNc1cc(C(C)(C)C)nn1C1=CC=C2NC(=O)CCC2=CC1. The van der Waals surface area contributed by atoms with E-state index in [2.05, 4.69) is 48.9 Å². The second-order valence-electron chi connectivity index (χ2n) is 8.44. The molecule has 1 amide bonds. The number of allylic oxidation sites excluding steroid dienone is 6. The predicted octanol–water partition coefficient (Wildman–Crippen LogP) is 4.25. The first-order valence-electron chi connectivity index (χ1n) is 10.0. The first-order valence-corrected chi connectivity index (χ1v) is 10.5. The third-order valence-electron chi connectivity index (χ3n) is 4.99. The molecule has 2 aliphatic rings. The molecule has 6 nitrogen and oxygen atoms in total. The van der Waals surface area contributed by atoms with Crippen molar-refractivity contribution in [2.45, 2.75) is 52.4 Å². The molecule has 0 radical (unpaired) electrons. The summed E-state index contributed by atoms with van der Waals surface area (Å²) in [6, 6.07) is 2.12. The van der Waals surface area contributed by atoms with Crippen LogP contribution in [0.3, 0.4) is 0 Å². The Balaban J connectivity index is 1.84. The number of carbonyl (C=O) groups excluding carboxylic acids is 1. The quantitative estimate of drug-likeness (QED) is 0.607. The van der Waals surface area contributed by atoms with E-state index < -0.39 is 0 Å². The van der Waals surface area contributed by atoms with Gasteiger partial charge < -0.3 is 16.0 Å². The average molecular weight is 416 g/mol. The first kappa shape index (κ1) is 21.2. The van der Waals surface area contributed by atoms with Crippen LogP contribution in [0.15, 0.2) is 46.8 Å². The summed E-state index contributed by atoms with van der Waals surface area (Å²) in [6.07, 6.45) is 8.33.